The summed E-state index contributed by atoms with van der Waals surface area (Å²) in [6, 6.07) is 0.0771. The van der Waals surface area contributed by atoms with E-state index in [0.717, 1.165) is 38.5 Å². The highest BCUT2D eigenvalue weighted by atomic mass is 16.6. The number of hydrogen-bond donors (Lipinski definition) is 4. The van der Waals surface area contributed by atoms with E-state index in [9.17, 15) is 14.7 Å². The van der Waals surface area contributed by atoms with Gasteiger partial charge in [-0.15, -0.1) is 0 Å². The SMILES string of the molecule is CC(C)(C)OC(=O)N[C@H]1CC[C@H](NC(O)c2noc(C3CC3)c2C(N)=O)CC1. The number of aromatic nitrogens is 1. The molecule has 2 aliphatic carbocycles. The second kappa shape index (κ2) is 8.08. The summed E-state index contributed by atoms with van der Waals surface area (Å²) in [6.07, 6.45) is 3.38. The van der Waals surface area contributed by atoms with Gasteiger partial charge in [0.15, 0.2) is 12.0 Å². The van der Waals surface area contributed by atoms with E-state index in [1.165, 1.54) is 0 Å². The highest BCUT2D eigenvalue weighted by Crippen LogP contribution is 2.43. The molecule has 0 saturated heterocycles. The molecular formula is C19H30N4O5. The highest BCUT2D eigenvalue weighted by Gasteiger charge is 2.36. The maximum absolute atomic E-state index is 11.9. The van der Waals surface area contributed by atoms with Gasteiger partial charge in [0.1, 0.15) is 16.9 Å². The summed E-state index contributed by atoms with van der Waals surface area (Å²) in [5, 5.41) is 20.4. The standard InChI is InChI=1S/C19H30N4O5/c1-19(2,3)27-18(26)22-12-8-6-11(7-9-12)21-17(25)14-13(16(20)24)15(28-23-14)10-4-5-10/h10-12,17,21,25H,4-9H2,1-3H3,(H2,20,24)(H,22,26)/t11-,12-,17?. The molecular weight excluding hydrogens is 364 g/mol. The molecule has 3 rings (SSSR count). The van der Waals surface area contributed by atoms with Gasteiger partial charge in [0.25, 0.3) is 5.91 Å². The Morgan fingerprint density at radius 1 is 1.18 bits per heavy atom. The van der Waals surface area contributed by atoms with E-state index >= 15 is 0 Å². The minimum atomic E-state index is -1.13. The fourth-order valence-electron chi connectivity index (χ4n) is 3.56. The number of primary amides is 1. The molecule has 2 amide bonds. The maximum atomic E-state index is 11.9. The first-order chi connectivity index (χ1) is 13.1. The van der Waals surface area contributed by atoms with Crippen LogP contribution in [0.3, 0.4) is 0 Å². The fraction of sp³-hybridized carbons (Fsp3) is 0.737. The van der Waals surface area contributed by atoms with Crippen LogP contribution in [0, 0.1) is 0 Å². The lowest BCUT2D eigenvalue weighted by Gasteiger charge is -2.31. The molecule has 2 fully saturated rings. The predicted octanol–water partition coefficient (Wildman–Crippen LogP) is 2.07. The second-order valence-corrected chi connectivity index (χ2v) is 8.71. The van der Waals surface area contributed by atoms with Gasteiger partial charge in [-0.2, -0.15) is 0 Å². The fourth-order valence-corrected chi connectivity index (χ4v) is 3.56. The molecule has 9 nitrogen and oxygen atoms in total. The Morgan fingerprint density at radius 3 is 2.32 bits per heavy atom. The monoisotopic (exact) mass is 394 g/mol. The van der Waals surface area contributed by atoms with Crippen molar-refractivity contribution in [2.45, 2.75) is 89.1 Å². The third-order valence-electron chi connectivity index (χ3n) is 5.04. The van der Waals surface area contributed by atoms with Crippen LogP contribution in [-0.4, -0.2) is 39.9 Å². The zero-order valence-corrected chi connectivity index (χ0v) is 16.7. The van der Waals surface area contributed by atoms with Crippen LogP contribution in [0.25, 0.3) is 0 Å². The van der Waals surface area contributed by atoms with E-state index in [4.69, 9.17) is 15.0 Å². The van der Waals surface area contributed by atoms with Gasteiger partial charge >= 0.3 is 6.09 Å². The number of amides is 2. The van der Waals surface area contributed by atoms with Gasteiger partial charge in [0.05, 0.1) is 0 Å². The van der Waals surface area contributed by atoms with Crippen LogP contribution >= 0.6 is 0 Å². The number of nitrogens with zero attached hydrogens (tertiary/aromatic N) is 1. The van der Waals surface area contributed by atoms with E-state index in [2.05, 4.69) is 15.8 Å². The van der Waals surface area contributed by atoms with E-state index in [0.29, 0.717) is 5.76 Å². The average molecular weight is 394 g/mol. The van der Waals surface area contributed by atoms with E-state index in [1.807, 2.05) is 20.8 Å². The molecule has 156 valence electrons. The second-order valence-electron chi connectivity index (χ2n) is 8.71. The van der Waals surface area contributed by atoms with Gasteiger partial charge in [-0.05, 0) is 59.3 Å². The van der Waals surface area contributed by atoms with Crippen LogP contribution in [0.5, 0.6) is 0 Å². The van der Waals surface area contributed by atoms with Gasteiger partial charge in [-0.25, -0.2) is 4.79 Å². The number of carbonyl (C=O) groups is 2. The average Bonchev–Trinajstić information content (AvgIpc) is 3.32. The number of nitrogens with two attached hydrogens (primary N) is 1. The first kappa shape index (κ1) is 20.6. The molecule has 1 atom stereocenters. The number of aliphatic hydroxyl groups is 1. The molecule has 0 spiro atoms. The predicted molar refractivity (Wildman–Crippen MR) is 101 cm³/mol. The van der Waals surface area contributed by atoms with Crippen molar-refractivity contribution in [2.24, 2.45) is 5.73 Å². The zero-order valence-electron chi connectivity index (χ0n) is 16.7. The molecule has 0 bridgehead atoms. The molecule has 0 aromatic carbocycles. The van der Waals surface area contributed by atoms with Crippen LogP contribution < -0.4 is 16.4 Å². The normalized spacial score (nSPS) is 23.9. The first-order valence-electron chi connectivity index (χ1n) is 9.87. The Hall–Kier alpha value is -2.13. The van der Waals surface area contributed by atoms with Crippen LogP contribution in [-0.2, 0) is 4.74 Å². The van der Waals surface area contributed by atoms with Gasteiger partial charge in [-0.3, -0.25) is 10.1 Å². The lowest BCUT2D eigenvalue weighted by molar-refractivity contribution is 0.0480. The lowest BCUT2D eigenvalue weighted by atomic mass is 9.91. The smallest absolute Gasteiger partial charge is 0.407 e. The van der Waals surface area contributed by atoms with Crippen molar-refractivity contribution in [3.63, 3.8) is 0 Å². The number of ether oxygens (including phenoxy) is 1. The number of carbonyl (C=O) groups excluding carboxylic acids is 2. The Morgan fingerprint density at radius 2 is 1.79 bits per heavy atom. The van der Waals surface area contributed by atoms with Gasteiger partial charge in [-0.1, -0.05) is 5.16 Å². The number of aliphatic hydroxyl groups excluding tert-OH is 1. The molecule has 0 radical (unpaired) electrons. The summed E-state index contributed by atoms with van der Waals surface area (Å²) >= 11 is 0. The molecule has 0 aliphatic heterocycles. The first-order valence-corrected chi connectivity index (χ1v) is 9.87. The molecule has 1 aromatic rings. The number of nitrogens with one attached hydrogen (secondary N) is 2. The third-order valence-corrected chi connectivity index (χ3v) is 5.04. The molecule has 1 aromatic heterocycles. The van der Waals surface area contributed by atoms with E-state index < -0.39 is 23.8 Å². The van der Waals surface area contributed by atoms with Crippen LogP contribution in [0.4, 0.5) is 4.79 Å². The molecule has 28 heavy (non-hydrogen) atoms. The largest absolute Gasteiger partial charge is 0.444 e. The van der Waals surface area contributed by atoms with Crippen molar-refractivity contribution in [3.8, 4) is 0 Å². The summed E-state index contributed by atoms with van der Waals surface area (Å²) < 4.78 is 10.6. The Balaban J connectivity index is 1.51. The zero-order chi connectivity index (χ0) is 20.5. The molecule has 1 heterocycles. The molecule has 2 saturated carbocycles. The van der Waals surface area contributed by atoms with Crippen molar-refractivity contribution >= 4 is 12.0 Å². The third kappa shape index (κ3) is 5.23. The van der Waals surface area contributed by atoms with E-state index in [-0.39, 0.29) is 29.3 Å². The van der Waals surface area contributed by atoms with E-state index in [1.54, 1.807) is 0 Å². The number of rotatable bonds is 6. The minimum Gasteiger partial charge on any atom is -0.444 e. The topological polar surface area (TPSA) is 140 Å². The summed E-state index contributed by atoms with van der Waals surface area (Å²) in [4.78, 5) is 23.7. The van der Waals surface area contributed by atoms with Crippen molar-refractivity contribution in [2.75, 3.05) is 0 Å². The summed E-state index contributed by atoms with van der Waals surface area (Å²) in [5.74, 6) is 0.0169. The Kier molecular flexibility index (Phi) is 5.95. The summed E-state index contributed by atoms with van der Waals surface area (Å²) in [6.45, 7) is 5.48. The Labute approximate surface area is 164 Å². The molecule has 9 heteroatoms. The van der Waals surface area contributed by atoms with Crippen molar-refractivity contribution < 1.29 is 24.0 Å². The van der Waals surface area contributed by atoms with Gasteiger partial charge < -0.3 is 25.4 Å². The minimum absolute atomic E-state index is 0.0356. The maximum Gasteiger partial charge on any atom is 0.407 e. The van der Waals surface area contributed by atoms with Crippen molar-refractivity contribution in [1.82, 2.24) is 15.8 Å². The lowest BCUT2D eigenvalue weighted by Crippen LogP contribution is -2.44. The van der Waals surface area contributed by atoms with Gasteiger partial charge in [0, 0.05) is 18.0 Å². The van der Waals surface area contributed by atoms with Crippen molar-refractivity contribution in [3.05, 3.63) is 17.0 Å². The summed E-state index contributed by atoms with van der Waals surface area (Å²) in [5.41, 5.74) is 5.30. The molecule has 1 unspecified atom stereocenters. The van der Waals surface area contributed by atoms with Crippen LogP contribution in [0.1, 0.15) is 93.3 Å². The quantitative estimate of drug-likeness (QED) is 0.541. The highest BCUT2D eigenvalue weighted by molar-refractivity contribution is 5.95. The molecule has 2 aliphatic rings. The molecule has 5 N–H and O–H groups in total. The van der Waals surface area contributed by atoms with Crippen molar-refractivity contribution in [1.29, 1.82) is 0 Å². The van der Waals surface area contributed by atoms with Crippen LogP contribution in [0.15, 0.2) is 4.52 Å². The summed E-state index contributed by atoms with van der Waals surface area (Å²) in [7, 11) is 0. The van der Waals surface area contributed by atoms with Gasteiger partial charge in [0.2, 0.25) is 0 Å². The number of alkyl carbamates (subject to hydrolysis) is 1. The Bertz CT molecular complexity index is 714. The number of hydrogen-bond acceptors (Lipinski definition) is 7. The van der Waals surface area contributed by atoms with Crippen LogP contribution in [0.2, 0.25) is 0 Å².